The summed E-state index contributed by atoms with van der Waals surface area (Å²) in [6, 6.07) is 12.4. The van der Waals surface area contributed by atoms with Crippen molar-refractivity contribution in [2.24, 2.45) is 0 Å². The number of nitrogens with zero attached hydrogens (tertiary/aromatic N) is 3. The van der Waals surface area contributed by atoms with Crippen LogP contribution in [-0.2, 0) is 13.0 Å². The molecule has 0 aliphatic carbocycles. The Kier molecular flexibility index (Phi) is 2.73. The number of hydrogen-bond donors (Lipinski definition) is 1. The molecule has 3 rings (SSSR count). The summed E-state index contributed by atoms with van der Waals surface area (Å²) < 4.78 is 1.92. The van der Waals surface area contributed by atoms with Crippen molar-refractivity contribution in [1.82, 2.24) is 9.78 Å². The van der Waals surface area contributed by atoms with Crippen molar-refractivity contribution in [2.75, 3.05) is 11.9 Å². The molecule has 0 spiro atoms. The van der Waals surface area contributed by atoms with Gasteiger partial charge in [-0.3, -0.25) is 0 Å². The van der Waals surface area contributed by atoms with Gasteiger partial charge in [0.1, 0.15) is 17.5 Å². The Morgan fingerprint density at radius 3 is 2.94 bits per heavy atom. The van der Waals surface area contributed by atoms with Gasteiger partial charge >= 0.3 is 0 Å². The fourth-order valence-corrected chi connectivity index (χ4v) is 2.32. The molecule has 0 fully saturated rings. The normalized spacial score (nSPS) is 13.5. The molecule has 1 aromatic carbocycles. The molecule has 0 amide bonds. The lowest BCUT2D eigenvalue weighted by Crippen LogP contribution is -2.17. The molecule has 0 bridgehead atoms. The van der Waals surface area contributed by atoms with Crippen molar-refractivity contribution in [1.29, 1.82) is 5.26 Å². The highest BCUT2D eigenvalue weighted by molar-refractivity contribution is 5.56. The maximum atomic E-state index is 9.30. The van der Waals surface area contributed by atoms with Gasteiger partial charge in [-0.1, -0.05) is 30.3 Å². The van der Waals surface area contributed by atoms with Crippen molar-refractivity contribution in [3.05, 3.63) is 47.2 Å². The highest BCUT2D eigenvalue weighted by atomic mass is 15.3. The number of nitriles is 1. The molecule has 0 radical (unpaired) electrons. The smallest absolute Gasteiger partial charge is 0.142 e. The lowest BCUT2D eigenvalue weighted by Gasteiger charge is -2.15. The SMILES string of the molecule is N#Cc1c(Cc2ccccc2)nn2c1NCCC2. The van der Waals surface area contributed by atoms with E-state index < -0.39 is 0 Å². The zero-order valence-corrected chi connectivity index (χ0v) is 10.1. The van der Waals surface area contributed by atoms with Crippen LogP contribution >= 0.6 is 0 Å². The van der Waals surface area contributed by atoms with Crippen LogP contribution in [0.2, 0.25) is 0 Å². The highest BCUT2D eigenvalue weighted by Gasteiger charge is 2.19. The number of hydrogen-bond acceptors (Lipinski definition) is 3. The van der Waals surface area contributed by atoms with Gasteiger partial charge in [0.15, 0.2) is 0 Å². The van der Waals surface area contributed by atoms with Crippen LogP contribution in [0.4, 0.5) is 5.82 Å². The second kappa shape index (κ2) is 4.53. The van der Waals surface area contributed by atoms with E-state index in [1.807, 2.05) is 22.9 Å². The molecule has 2 aromatic rings. The Morgan fingerprint density at radius 2 is 2.17 bits per heavy atom. The van der Waals surface area contributed by atoms with Crippen LogP contribution in [0.15, 0.2) is 30.3 Å². The van der Waals surface area contributed by atoms with E-state index in [-0.39, 0.29) is 0 Å². The van der Waals surface area contributed by atoms with E-state index in [1.165, 1.54) is 5.56 Å². The maximum absolute atomic E-state index is 9.30. The van der Waals surface area contributed by atoms with Gasteiger partial charge in [-0.2, -0.15) is 10.4 Å². The van der Waals surface area contributed by atoms with Crippen molar-refractivity contribution in [2.45, 2.75) is 19.4 Å². The topological polar surface area (TPSA) is 53.6 Å². The van der Waals surface area contributed by atoms with Gasteiger partial charge in [0.2, 0.25) is 0 Å². The monoisotopic (exact) mass is 238 g/mol. The molecule has 0 atom stereocenters. The number of aryl methyl sites for hydroxylation is 1. The molecule has 90 valence electrons. The van der Waals surface area contributed by atoms with E-state index in [0.29, 0.717) is 12.0 Å². The summed E-state index contributed by atoms with van der Waals surface area (Å²) in [6.07, 6.45) is 1.77. The fraction of sp³-hybridized carbons (Fsp3) is 0.286. The molecule has 4 heteroatoms. The first kappa shape index (κ1) is 10.8. The third-order valence-electron chi connectivity index (χ3n) is 3.19. The van der Waals surface area contributed by atoms with Crippen molar-refractivity contribution in [3.8, 4) is 6.07 Å². The third-order valence-corrected chi connectivity index (χ3v) is 3.19. The van der Waals surface area contributed by atoms with Crippen LogP contribution in [0.5, 0.6) is 0 Å². The fourth-order valence-electron chi connectivity index (χ4n) is 2.32. The lowest BCUT2D eigenvalue weighted by atomic mass is 10.1. The van der Waals surface area contributed by atoms with Crippen LogP contribution in [0, 0.1) is 11.3 Å². The Balaban J connectivity index is 1.97. The minimum absolute atomic E-state index is 0.693. The van der Waals surface area contributed by atoms with E-state index in [1.54, 1.807) is 0 Å². The maximum Gasteiger partial charge on any atom is 0.142 e. The zero-order chi connectivity index (χ0) is 12.4. The Hall–Kier alpha value is -2.28. The molecular weight excluding hydrogens is 224 g/mol. The van der Waals surface area contributed by atoms with Gasteiger partial charge in [0.25, 0.3) is 0 Å². The van der Waals surface area contributed by atoms with Crippen LogP contribution in [0.1, 0.15) is 23.2 Å². The average Bonchev–Trinajstić information content (AvgIpc) is 2.77. The summed E-state index contributed by atoms with van der Waals surface area (Å²) in [7, 11) is 0. The number of benzene rings is 1. The minimum Gasteiger partial charge on any atom is -0.369 e. The van der Waals surface area contributed by atoms with E-state index in [4.69, 9.17) is 0 Å². The van der Waals surface area contributed by atoms with Crippen molar-refractivity contribution in [3.63, 3.8) is 0 Å². The number of anilines is 1. The molecule has 0 unspecified atom stereocenters. The summed E-state index contributed by atoms with van der Waals surface area (Å²) in [6.45, 7) is 1.82. The summed E-state index contributed by atoms with van der Waals surface area (Å²) in [5.74, 6) is 0.884. The minimum atomic E-state index is 0.693. The zero-order valence-electron chi connectivity index (χ0n) is 10.1. The molecule has 1 aliphatic heterocycles. The number of fused-ring (bicyclic) bond motifs is 1. The first-order chi connectivity index (χ1) is 8.88. The molecule has 18 heavy (non-hydrogen) atoms. The average molecular weight is 238 g/mol. The number of aromatic nitrogens is 2. The summed E-state index contributed by atoms with van der Waals surface area (Å²) in [4.78, 5) is 0. The molecule has 4 nitrogen and oxygen atoms in total. The van der Waals surface area contributed by atoms with Crippen molar-refractivity contribution < 1.29 is 0 Å². The van der Waals surface area contributed by atoms with E-state index in [0.717, 1.165) is 31.0 Å². The standard InChI is InChI=1S/C14H14N4/c15-10-12-13(9-11-5-2-1-3-6-11)17-18-8-4-7-16-14(12)18/h1-3,5-6,16H,4,7-9H2. The van der Waals surface area contributed by atoms with Crippen molar-refractivity contribution >= 4 is 5.82 Å². The second-order valence-electron chi connectivity index (χ2n) is 4.45. The predicted octanol–water partition coefficient (Wildman–Crippen LogP) is 2.16. The molecular formula is C14H14N4. The Bertz CT molecular complexity index is 592. The van der Waals surface area contributed by atoms with Crippen LogP contribution in [0.25, 0.3) is 0 Å². The Morgan fingerprint density at radius 1 is 1.33 bits per heavy atom. The molecule has 1 aliphatic rings. The quantitative estimate of drug-likeness (QED) is 0.872. The predicted molar refractivity (Wildman–Crippen MR) is 69.3 cm³/mol. The summed E-state index contributed by atoms with van der Waals surface area (Å²) >= 11 is 0. The molecule has 1 N–H and O–H groups in total. The van der Waals surface area contributed by atoms with Crippen LogP contribution in [0.3, 0.4) is 0 Å². The lowest BCUT2D eigenvalue weighted by molar-refractivity contribution is 0.563. The van der Waals surface area contributed by atoms with Gasteiger partial charge < -0.3 is 5.32 Å². The molecule has 0 saturated carbocycles. The first-order valence-corrected chi connectivity index (χ1v) is 6.16. The number of nitrogens with one attached hydrogen (secondary N) is 1. The molecule has 1 aromatic heterocycles. The Labute approximate surface area is 106 Å². The summed E-state index contributed by atoms with van der Waals surface area (Å²) in [5, 5.41) is 17.1. The van der Waals surface area contributed by atoms with Gasteiger partial charge in [0.05, 0.1) is 5.69 Å². The van der Waals surface area contributed by atoms with Crippen LogP contribution < -0.4 is 5.32 Å². The highest BCUT2D eigenvalue weighted by Crippen LogP contribution is 2.24. The number of rotatable bonds is 2. The van der Waals surface area contributed by atoms with Gasteiger partial charge in [-0.15, -0.1) is 0 Å². The molecule has 0 saturated heterocycles. The van der Waals surface area contributed by atoms with Gasteiger partial charge in [-0.05, 0) is 12.0 Å². The largest absolute Gasteiger partial charge is 0.369 e. The summed E-state index contributed by atoms with van der Waals surface area (Å²) in [5.41, 5.74) is 2.75. The second-order valence-corrected chi connectivity index (χ2v) is 4.45. The van der Waals surface area contributed by atoms with Crippen LogP contribution in [-0.4, -0.2) is 16.3 Å². The van der Waals surface area contributed by atoms with Gasteiger partial charge in [0, 0.05) is 19.5 Å². The van der Waals surface area contributed by atoms with E-state index >= 15 is 0 Å². The van der Waals surface area contributed by atoms with E-state index in [2.05, 4.69) is 28.6 Å². The molecule has 2 heterocycles. The van der Waals surface area contributed by atoms with Gasteiger partial charge in [-0.25, -0.2) is 4.68 Å². The van der Waals surface area contributed by atoms with E-state index in [9.17, 15) is 5.26 Å². The first-order valence-electron chi connectivity index (χ1n) is 6.16. The third kappa shape index (κ3) is 1.84.